The lowest BCUT2D eigenvalue weighted by Crippen LogP contribution is -2.21. The van der Waals surface area contributed by atoms with Gasteiger partial charge in [0.1, 0.15) is 0 Å². The van der Waals surface area contributed by atoms with Crippen molar-refractivity contribution in [2.75, 3.05) is 19.4 Å². The van der Waals surface area contributed by atoms with Crippen LogP contribution in [0.15, 0.2) is 42.7 Å². The molecule has 0 unspecified atom stereocenters. The molecule has 0 fully saturated rings. The van der Waals surface area contributed by atoms with Gasteiger partial charge in [-0.05, 0) is 24.3 Å². The number of aromatic nitrogens is 1. The van der Waals surface area contributed by atoms with E-state index in [1.165, 1.54) is 23.4 Å². The number of carboxylic acid groups (broad SMARTS) is 1. The van der Waals surface area contributed by atoms with Crippen LogP contribution in [0.2, 0.25) is 0 Å². The Morgan fingerprint density at radius 3 is 2.67 bits per heavy atom. The number of anilines is 2. The Morgan fingerprint density at radius 1 is 1.24 bits per heavy atom. The van der Waals surface area contributed by atoms with Gasteiger partial charge in [-0.15, -0.1) is 0 Å². The number of aromatic carboxylic acids is 1. The molecule has 1 amide bonds. The summed E-state index contributed by atoms with van der Waals surface area (Å²) >= 11 is 0. The van der Waals surface area contributed by atoms with Crippen LogP contribution in [0.25, 0.3) is 0 Å². The Kier molecular flexibility index (Phi) is 4.18. The van der Waals surface area contributed by atoms with Crippen LogP contribution in [0.3, 0.4) is 0 Å². The molecule has 6 heteroatoms. The molecule has 0 radical (unpaired) electrons. The van der Waals surface area contributed by atoms with E-state index in [4.69, 9.17) is 5.11 Å². The van der Waals surface area contributed by atoms with Gasteiger partial charge >= 0.3 is 5.97 Å². The topological polar surface area (TPSA) is 82.5 Å². The second kappa shape index (κ2) is 6.04. The Morgan fingerprint density at radius 2 is 2.00 bits per heavy atom. The zero-order chi connectivity index (χ0) is 15.4. The summed E-state index contributed by atoms with van der Waals surface area (Å²) in [6.07, 6.45) is 2.85. The number of pyridine rings is 1. The largest absolute Gasteiger partial charge is 0.478 e. The number of nitrogens with one attached hydrogen (secondary N) is 1. The van der Waals surface area contributed by atoms with E-state index in [0.717, 1.165) is 0 Å². The normalized spacial score (nSPS) is 10.0. The fourth-order valence-corrected chi connectivity index (χ4v) is 1.82. The quantitative estimate of drug-likeness (QED) is 0.900. The molecule has 0 saturated carbocycles. The molecule has 0 saturated heterocycles. The average Bonchev–Trinajstić information content (AvgIpc) is 2.47. The van der Waals surface area contributed by atoms with E-state index in [9.17, 15) is 9.59 Å². The Hall–Kier alpha value is -2.89. The van der Waals surface area contributed by atoms with Gasteiger partial charge in [-0.2, -0.15) is 0 Å². The number of hydrogen-bond acceptors (Lipinski definition) is 4. The Balaban J connectivity index is 2.31. The highest BCUT2D eigenvalue weighted by atomic mass is 16.4. The van der Waals surface area contributed by atoms with Crippen LogP contribution in [0, 0.1) is 0 Å². The zero-order valence-corrected chi connectivity index (χ0v) is 11.7. The van der Waals surface area contributed by atoms with Gasteiger partial charge in [0.2, 0.25) is 0 Å². The molecule has 0 aliphatic carbocycles. The number of carbonyl (C=O) groups excluding carboxylic acids is 1. The number of hydrogen-bond donors (Lipinski definition) is 2. The highest BCUT2D eigenvalue weighted by Crippen LogP contribution is 2.21. The lowest BCUT2D eigenvalue weighted by molar-refractivity contribution is 0.0697. The van der Waals surface area contributed by atoms with E-state index in [0.29, 0.717) is 16.9 Å². The van der Waals surface area contributed by atoms with Crippen molar-refractivity contribution in [3.05, 3.63) is 53.9 Å². The molecule has 0 aliphatic rings. The highest BCUT2D eigenvalue weighted by Gasteiger charge is 2.11. The molecule has 1 heterocycles. The number of amides is 1. The lowest BCUT2D eigenvalue weighted by Gasteiger charge is -2.13. The minimum absolute atomic E-state index is 0.120. The Labute approximate surface area is 122 Å². The second-order valence-electron chi connectivity index (χ2n) is 4.63. The van der Waals surface area contributed by atoms with Gasteiger partial charge in [0, 0.05) is 31.5 Å². The molecule has 0 bridgehead atoms. The van der Waals surface area contributed by atoms with Crippen LogP contribution in [-0.2, 0) is 0 Å². The number of benzene rings is 1. The summed E-state index contributed by atoms with van der Waals surface area (Å²) in [6.45, 7) is 0. The van der Waals surface area contributed by atoms with Crippen molar-refractivity contribution in [1.29, 1.82) is 0 Å². The van der Waals surface area contributed by atoms with E-state index in [1.54, 1.807) is 38.4 Å². The van der Waals surface area contributed by atoms with Crippen LogP contribution in [0.1, 0.15) is 20.7 Å². The van der Waals surface area contributed by atoms with Crippen molar-refractivity contribution in [1.82, 2.24) is 9.88 Å². The monoisotopic (exact) mass is 285 g/mol. The second-order valence-corrected chi connectivity index (χ2v) is 4.63. The maximum absolute atomic E-state index is 11.9. The molecular weight excluding hydrogens is 270 g/mol. The summed E-state index contributed by atoms with van der Waals surface area (Å²) in [7, 11) is 3.35. The zero-order valence-electron chi connectivity index (χ0n) is 11.7. The van der Waals surface area contributed by atoms with Crippen molar-refractivity contribution in [3.8, 4) is 0 Å². The molecule has 0 atom stereocenters. The van der Waals surface area contributed by atoms with Crippen molar-refractivity contribution >= 4 is 23.3 Å². The molecule has 2 aromatic rings. The third-order valence-corrected chi connectivity index (χ3v) is 2.85. The van der Waals surface area contributed by atoms with Crippen LogP contribution in [0.5, 0.6) is 0 Å². The first-order chi connectivity index (χ1) is 9.99. The van der Waals surface area contributed by atoms with Gasteiger partial charge in [0.05, 0.1) is 17.4 Å². The molecule has 1 aromatic carbocycles. The maximum Gasteiger partial charge on any atom is 0.337 e. The molecule has 1 aromatic heterocycles. The van der Waals surface area contributed by atoms with E-state index < -0.39 is 5.97 Å². The van der Waals surface area contributed by atoms with Crippen molar-refractivity contribution < 1.29 is 14.7 Å². The van der Waals surface area contributed by atoms with Crippen molar-refractivity contribution in [3.63, 3.8) is 0 Å². The van der Waals surface area contributed by atoms with Gasteiger partial charge in [-0.1, -0.05) is 6.07 Å². The summed E-state index contributed by atoms with van der Waals surface area (Å²) in [5, 5.41) is 12.1. The summed E-state index contributed by atoms with van der Waals surface area (Å²) < 4.78 is 0. The van der Waals surface area contributed by atoms with Gasteiger partial charge in [-0.25, -0.2) is 4.79 Å². The fourth-order valence-electron chi connectivity index (χ4n) is 1.82. The number of carbonyl (C=O) groups is 2. The molecule has 6 nitrogen and oxygen atoms in total. The SMILES string of the molecule is CN(C)C(=O)c1cccc(Nc2cnccc2C(=O)O)c1. The first-order valence-electron chi connectivity index (χ1n) is 6.25. The van der Waals surface area contributed by atoms with E-state index >= 15 is 0 Å². The van der Waals surface area contributed by atoms with Crippen molar-refractivity contribution in [2.45, 2.75) is 0 Å². The molecule has 0 aliphatic heterocycles. The van der Waals surface area contributed by atoms with Crippen LogP contribution in [-0.4, -0.2) is 41.0 Å². The number of carboxylic acids is 1. The summed E-state index contributed by atoms with van der Waals surface area (Å²) in [5.41, 5.74) is 1.64. The van der Waals surface area contributed by atoms with Crippen LogP contribution < -0.4 is 5.32 Å². The Bertz CT molecular complexity index is 683. The number of rotatable bonds is 4. The van der Waals surface area contributed by atoms with E-state index in [-0.39, 0.29) is 11.5 Å². The predicted molar refractivity (Wildman–Crippen MR) is 78.9 cm³/mol. The third-order valence-electron chi connectivity index (χ3n) is 2.85. The maximum atomic E-state index is 11.9. The molecule has 2 N–H and O–H groups in total. The molecule has 2 rings (SSSR count). The standard InChI is InChI=1S/C15H15N3O3/c1-18(2)14(19)10-4-3-5-11(8-10)17-13-9-16-7-6-12(13)15(20)21/h3-9,17H,1-2H3,(H,20,21). The number of nitrogens with zero attached hydrogens (tertiary/aromatic N) is 2. The lowest BCUT2D eigenvalue weighted by atomic mass is 10.1. The fraction of sp³-hybridized carbons (Fsp3) is 0.133. The third kappa shape index (κ3) is 3.36. The first-order valence-corrected chi connectivity index (χ1v) is 6.25. The minimum atomic E-state index is -1.04. The van der Waals surface area contributed by atoms with E-state index in [2.05, 4.69) is 10.3 Å². The molecular formula is C15H15N3O3. The summed E-state index contributed by atoms with van der Waals surface area (Å²) in [5.74, 6) is -1.16. The highest BCUT2D eigenvalue weighted by molar-refractivity contribution is 5.96. The van der Waals surface area contributed by atoms with Crippen LogP contribution >= 0.6 is 0 Å². The molecule has 0 spiro atoms. The average molecular weight is 285 g/mol. The molecule has 108 valence electrons. The molecule has 21 heavy (non-hydrogen) atoms. The van der Waals surface area contributed by atoms with Gasteiger partial charge < -0.3 is 15.3 Å². The van der Waals surface area contributed by atoms with Gasteiger partial charge in [0.25, 0.3) is 5.91 Å². The van der Waals surface area contributed by atoms with Crippen LogP contribution in [0.4, 0.5) is 11.4 Å². The summed E-state index contributed by atoms with van der Waals surface area (Å²) in [4.78, 5) is 28.5. The smallest absolute Gasteiger partial charge is 0.337 e. The summed E-state index contributed by atoms with van der Waals surface area (Å²) in [6, 6.07) is 8.27. The first kappa shape index (κ1) is 14.5. The van der Waals surface area contributed by atoms with Gasteiger partial charge in [-0.3, -0.25) is 9.78 Å². The van der Waals surface area contributed by atoms with Gasteiger partial charge in [0.15, 0.2) is 0 Å². The predicted octanol–water partition coefficient (Wildman–Crippen LogP) is 2.23. The van der Waals surface area contributed by atoms with Crippen molar-refractivity contribution in [2.24, 2.45) is 0 Å². The minimum Gasteiger partial charge on any atom is -0.478 e. The van der Waals surface area contributed by atoms with E-state index in [1.807, 2.05) is 0 Å².